The van der Waals surface area contributed by atoms with Gasteiger partial charge in [0.2, 0.25) is 0 Å². The first-order valence-corrected chi connectivity index (χ1v) is 10.8. The van der Waals surface area contributed by atoms with Crippen LogP contribution in [0.25, 0.3) is 10.2 Å². The molecule has 1 saturated heterocycles. The Balaban J connectivity index is 1.71. The molecular weight excluding hydrogens is 421 g/mol. The Morgan fingerprint density at radius 3 is 2.65 bits per heavy atom. The highest BCUT2D eigenvalue weighted by molar-refractivity contribution is 7.22. The van der Waals surface area contributed by atoms with E-state index in [1.807, 2.05) is 6.07 Å². The summed E-state index contributed by atoms with van der Waals surface area (Å²) in [5.41, 5.74) is 0.908. The van der Waals surface area contributed by atoms with E-state index < -0.39 is 5.82 Å². The maximum atomic E-state index is 13.8. The van der Waals surface area contributed by atoms with Crippen molar-refractivity contribution in [1.29, 1.82) is 0 Å². The molecule has 0 unspecified atom stereocenters. The van der Waals surface area contributed by atoms with E-state index in [0.717, 1.165) is 17.8 Å². The normalized spacial score (nSPS) is 14.5. The maximum absolute atomic E-state index is 13.8. The quantitative estimate of drug-likeness (QED) is 0.555. The first-order chi connectivity index (χ1) is 15.1. The molecule has 164 valence electrons. The fourth-order valence-electron chi connectivity index (χ4n) is 3.52. The first kappa shape index (κ1) is 21.5. The van der Waals surface area contributed by atoms with Crippen molar-refractivity contribution in [3.63, 3.8) is 0 Å². The summed E-state index contributed by atoms with van der Waals surface area (Å²) in [5.74, 6) is 0.506. The van der Waals surface area contributed by atoms with E-state index >= 15 is 0 Å². The van der Waals surface area contributed by atoms with E-state index in [2.05, 4.69) is 4.90 Å². The molecule has 0 bridgehead atoms. The summed E-state index contributed by atoms with van der Waals surface area (Å²) in [7, 11) is 3.17. The number of carbonyl (C=O) groups is 1. The lowest BCUT2D eigenvalue weighted by Crippen LogP contribution is -2.43. The highest BCUT2D eigenvalue weighted by Crippen LogP contribution is 2.40. The Labute approximate surface area is 183 Å². The van der Waals surface area contributed by atoms with E-state index in [1.165, 1.54) is 29.5 Å². The van der Waals surface area contributed by atoms with Gasteiger partial charge in [0, 0.05) is 31.7 Å². The van der Waals surface area contributed by atoms with E-state index in [0.29, 0.717) is 48.5 Å². The number of carbonyl (C=O) groups excluding carboxylic acids is 1. The van der Waals surface area contributed by atoms with Gasteiger partial charge in [0.15, 0.2) is 5.13 Å². The minimum Gasteiger partial charge on any atom is -0.495 e. The molecule has 0 atom stereocenters. The second-order valence-corrected chi connectivity index (χ2v) is 8.04. The molecule has 3 aromatic rings. The third kappa shape index (κ3) is 4.63. The Hall–Kier alpha value is -2.75. The van der Waals surface area contributed by atoms with Crippen molar-refractivity contribution >= 4 is 32.6 Å². The summed E-state index contributed by atoms with van der Waals surface area (Å²) in [5, 5.41) is 0.514. The summed E-state index contributed by atoms with van der Waals surface area (Å²) < 4.78 is 30.9. The molecule has 2 heterocycles. The van der Waals surface area contributed by atoms with Crippen LogP contribution in [0.15, 0.2) is 36.4 Å². The molecule has 0 saturated carbocycles. The van der Waals surface area contributed by atoms with Crippen molar-refractivity contribution in [3.05, 3.63) is 47.8 Å². The molecule has 0 aliphatic carbocycles. The highest BCUT2D eigenvalue weighted by Gasteiger charge is 2.25. The van der Waals surface area contributed by atoms with Gasteiger partial charge in [0.05, 0.1) is 27.4 Å². The minimum atomic E-state index is -0.452. The third-order valence-electron chi connectivity index (χ3n) is 5.19. The summed E-state index contributed by atoms with van der Waals surface area (Å²) >= 11 is 1.35. The molecule has 1 aromatic heterocycles. The van der Waals surface area contributed by atoms with E-state index in [1.54, 1.807) is 31.3 Å². The molecule has 1 aliphatic rings. The summed E-state index contributed by atoms with van der Waals surface area (Å²) in [6, 6.07) is 9.32. The summed E-state index contributed by atoms with van der Waals surface area (Å²) in [4.78, 5) is 21.9. The zero-order valence-corrected chi connectivity index (χ0v) is 18.3. The van der Waals surface area contributed by atoms with Gasteiger partial charge in [0.25, 0.3) is 5.91 Å². The lowest BCUT2D eigenvalue weighted by Gasteiger charge is -2.29. The van der Waals surface area contributed by atoms with Crippen LogP contribution in [0.1, 0.15) is 10.4 Å². The molecule has 9 heteroatoms. The Morgan fingerprint density at radius 1 is 1.19 bits per heavy atom. The van der Waals surface area contributed by atoms with Crippen LogP contribution < -0.4 is 14.4 Å². The number of benzene rings is 2. The zero-order valence-electron chi connectivity index (χ0n) is 17.5. The number of fused-ring (bicyclic) bond motifs is 1. The lowest BCUT2D eigenvalue weighted by atomic mass is 10.2. The fourth-order valence-corrected chi connectivity index (χ4v) is 4.62. The zero-order chi connectivity index (χ0) is 21.8. The van der Waals surface area contributed by atoms with E-state index in [9.17, 15) is 9.18 Å². The van der Waals surface area contributed by atoms with E-state index in [-0.39, 0.29) is 11.5 Å². The van der Waals surface area contributed by atoms with Gasteiger partial charge in [-0.1, -0.05) is 17.4 Å². The Bertz CT molecular complexity index is 1030. The standard InChI is InChI=1S/C22H24FN3O4S/c1-28-17-6-7-18(29-2)20-19(17)24-22(31-20)26(9-8-25-10-12-30-13-11-25)21(27)15-4-3-5-16(23)14-15/h3-7,14H,8-13H2,1-2H3. The average Bonchev–Trinajstić information content (AvgIpc) is 3.24. The minimum absolute atomic E-state index is 0.278. The number of anilines is 1. The topological polar surface area (TPSA) is 64.1 Å². The monoisotopic (exact) mass is 445 g/mol. The lowest BCUT2D eigenvalue weighted by molar-refractivity contribution is 0.0391. The fraction of sp³-hybridized carbons (Fsp3) is 0.364. The van der Waals surface area contributed by atoms with Crippen molar-refractivity contribution in [2.45, 2.75) is 0 Å². The molecule has 7 nitrogen and oxygen atoms in total. The Kier molecular flexibility index (Phi) is 6.64. The molecule has 2 aromatic carbocycles. The van der Waals surface area contributed by atoms with Gasteiger partial charge >= 0.3 is 0 Å². The van der Waals surface area contributed by atoms with Crippen LogP contribution in [0.4, 0.5) is 9.52 Å². The number of amides is 1. The molecule has 4 rings (SSSR count). The van der Waals surface area contributed by atoms with Crippen LogP contribution >= 0.6 is 11.3 Å². The van der Waals surface area contributed by atoms with Crippen LogP contribution in [0.2, 0.25) is 0 Å². The van der Waals surface area contributed by atoms with Crippen molar-refractivity contribution in [1.82, 2.24) is 9.88 Å². The van der Waals surface area contributed by atoms with Gasteiger partial charge in [0.1, 0.15) is 27.5 Å². The van der Waals surface area contributed by atoms with E-state index in [4.69, 9.17) is 19.2 Å². The number of aromatic nitrogens is 1. The van der Waals surface area contributed by atoms with Gasteiger partial charge in [-0.15, -0.1) is 0 Å². The van der Waals surface area contributed by atoms with Gasteiger partial charge < -0.3 is 14.2 Å². The van der Waals surface area contributed by atoms with Gasteiger partial charge in [-0.05, 0) is 30.3 Å². The molecule has 1 fully saturated rings. The smallest absolute Gasteiger partial charge is 0.260 e. The summed E-state index contributed by atoms with van der Waals surface area (Å²) in [6.45, 7) is 4.04. The van der Waals surface area contributed by atoms with Crippen LogP contribution in [0.3, 0.4) is 0 Å². The predicted octanol–water partition coefficient (Wildman–Crippen LogP) is 3.43. The van der Waals surface area contributed by atoms with Crippen molar-refractivity contribution in [2.24, 2.45) is 0 Å². The molecule has 0 spiro atoms. The number of morpholine rings is 1. The second-order valence-electron chi connectivity index (χ2n) is 7.07. The van der Waals surface area contributed by atoms with Crippen molar-refractivity contribution < 1.29 is 23.4 Å². The molecule has 1 amide bonds. The number of methoxy groups -OCH3 is 2. The van der Waals surface area contributed by atoms with Crippen LogP contribution in [-0.2, 0) is 4.74 Å². The molecule has 0 N–H and O–H groups in total. The molecule has 0 radical (unpaired) electrons. The largest absolute Gasteiger partial charge is 0.495 e. The number of thiazole rings is 1. The Morgan fingerprint density at radius 2 is 1.94 bits per heavy atom. The first-order valence-electron chi connectivity index (χ1n) is 9.99. The second kappa shape index (κ2) is 9.59. The molecule has 1 aliphatic heterocycles. The molecule has 31 heavy (non-hydrogen) atoms. The maximum Gasteiger partial charge on any atom is 0.260 e. The van der Waals surface area contributed by atoms with Crippen molar-refractivity contribution in [2.75, 3.05) is 58.5 Å². The number of nitrogens with zero attached hydrogens (tertiary/aromatic N) is 3. The highest BCUT2D eigenvalue weighted by atomic mass is 32.1. The third-order valence-corrected chi connectivity index (χ3v) is 6.28. The van der Waals surface area contributed by atoms with Crippen LogP contribution in [0, 0.1) is 5.82 Å². The van der Waals surface area contributed by atoms with Crippen molar-refractivity contribution in [3.8, 4) is 11.5 Å². The number of hydrogen-bond donors (Lipinski definition) is 0. The number of hydrogen-bond acceptors (Lipinski definition) is 7. The van der Waals surface area contributed by atoms with Crippen LogP contribution in [-0.4, -0.2) is 69.4 Å². The SMILES string of the molecule is COc1ccc(OC)c2sc(N(CCN3CCOCC3)C(=O)c3cccc(F)c3)nc12. The summed E-state index contributed by atoms with van der Waals surface area (Å²) in [6.07, 6.45) is 0. The number of halogens is 1. The van der Waals surface area contributed by atoms with Crippen LogP contribution in [0.5, 0.6) is 11.5 Å². The average molecular weight is 446 g/mol. The van der Waals surface area contributed by atoms with Gasteiger partial charge in [-0.3, -0.25) is 14.6 Å². The number of rotatable bonds is 7. The molecular formula is C22H24FN3O4S. The number of ether oxygens (including phenoxy) is 3. The predicted molar refractivity (Wildman–Crippen MR) is 118 cm³/mol. The van der Waals surface area contributed by atoms with Gasteiger partial charge in [-0.25, -0.2) is 9.37 Å². The van der Waals surface area contributed by atoms with Gasteiger partial charge in [-0.2, -0.15) is 0 Å².